The summed E-state index contributed by atoms with van der Waals surface area (Å²) in [6, 6.07) is 2.70. The minimum absolute atomic E-state index is 0.530. The standard InChI is InChI=1S/C18H28N6O/c1-13-10-14(2)24(20-13)9-8-23-7-6-16(11-23)22(3)12-17-19-18(25-21-17)15-4-5-15/h10,15-16H,4-9,11-12H2,1-3H3/t16-/m0/s1. The van der Waals surface area contributed by atoms with Crippen molar-refractivity contribution in [3.05, 3.63) is 29.2 Å². The van der Waals surface area contributed by atoms with Crippen LogP contribution in [0.5, 0.6) is 0 Å². The third kappa shape index (κ3) is 3.93. The lowest BCUT2D eigenvalue weighted by molar-refractivity contribution is 0.215. The van der Waals surface area contributed by atoms with E-state index in [1.807, 2.05) is 0 Å². The summed E-state index contributed by atoms with van der Waals surface area (Å²) in [6.45, 7) is 9.22. The predicted octanol–water partition coefficient (Wildman–Crippen LogP) is 1.97. The van der Waals surface area contributed by atoms with Gasteiger partial charge in [-0.05, 0) is 52.8 Å². The smallest absolute Gasteiger partial charge is 0.229 e. The normalized spacial score (nSPS) is 21.5. The van der Waals surface area contributed by atoms with Crippen molar-refractivity contribution in [2.24, 2.45) is 0 Å². The highest BCUT2D eigenvalue weighted by atomic mass is 16.5. The molecule has 25 heavy (non-hydrogen) atoms. The maximum Gasteiger partial charge on any atom is 0.229 e. The SMILES string of the molecule is Cc1cc(C)n(CCN2CC[C@H](N(C)Cc3noc(C4CC4)n3)C2)n1. The number of likely N-dealkylation sites (N-methyl/N-ethyl adjacent to an activating group) is 1. The Morgan fingerprint density at radius 3 is 2.80 bits per heavy atom. The molecule has 3 heterocycles. The van der Waals surface area contributed by atoms with Crippen molar-refractivity contribution in [2.45, 2.75) is 58.2 Å². The van der Waals surface area contributed by atoms with E-state index in [-0.39, 0.29) is 0 Å². The number of rotatable bonds is 7. The van der Waals surface area contributed by atoms with E-state index < -0.39 is 0 Å². The molecule has 0 bridgehead atoms. The van der Waals surface area contributed by atoms with E-state index in [0.717, 1.165) is 50.1 Å². The van der Waals surface area contributed by atoms with Crippen LogP contribution in [0, 0.1) is 13.8 Å². The molecule has 7 heteroatoms. The molecule has 2 aliphatic rings. The van der Waals surface area contributed by atoms with Crippen LogP contribution >= 0.6 is 0 Å². The first-order valence-corrected chi connectivity index (χ1v) is 9.34. The highest BCUT2D eigenvalue weighted by molar-refractivity contribution is 5.06. The highest BCUT2D eigenvalue weighted by Crippen LogP contribution is 2.38. The molecule has 136 valence electrons. The van der Waals surface area contributed by atoms with Crippen LogP contribution in [-0.2, 0) is 13.1 Å². The lowest BCUT2D eigenvalue weighted by Crippen LogP contribution is -2.35. The fourth-order valence-corrected chi connectivity index (χ4v) is 3.69. The molecule has 1 aliphatic carbocycles. The molecule has 1 atom stereocenters. The molecule has 1 saturated heterocycles. The van der Waals surface area contributed by atoms with Gasteiger partial charge >= 0.3 is 0 Å². The topological polar surface area (TPSA) is 63.2 Å². The van der Waals surface area contributed by atoms with E-state index in [0.29, 0.717) is 12.0 Å². The Morgan fingerprint density at radius 2 is 2.08 bits per heavy atom. The van der Waals surface area contributed by atoms with Crippen LogP contribution < -0.4 is 0 Å². The van der Waals surface area contributed by atoms with Gasteiger partial charge < -0.3 is 4.52 Å². The molecule has 0 unspecified atom stereocenters. The van der Waals surface area contributed by atoms with E-state index in [2.05, 4.69) is 56.7 Å². The average molecular weight is 344 g/mol. The highest BCUT2D eigenvalue weighted by Gasteiger charge is 2.30. The summed E-state index contributed by atoms with van der Waals surface area (Å²) in [7, 11) is 2.17. The lowest BCUT2D eigenvalue weighted by Gasteiger charge is -2.23. The van der Waals surface area contributed by atoms with Gasteiger partial charge in [-0.25, -0.2) is 0 Å². The number of aromatic nitrogens is 4. The summed E-state index contributed by atoms with van der Waals surface area (Å²) in [5.41, 5.74) is 2.34. The molecule has 0 amide bonds. The molecule has 1 aliphatic heterocycles. The van der Waals surface area contributed by atoms with Crippen molar-refractivity contribution in [3.63, 3.8) is 0 Å². The number of hydrogen-bond donors (Lipinski definition) is 0. The van der Waals surface area contributed by atoms with Crippen molar-refractivity contribution >= 4 is 0 Å². The van der Waals surface area contributed by atoms with Crippen molar-refractivity contribution < 1.29 is 4.52 Å². The van der Waals surface area contributed by atoms with Gasteiger partial charge in [-0.2, -0.15) is 10.1 Å². The summed E-state index contributed by atoms with van der Waals surface area (Å²) >= 11 is 0. The Bertz CT molecular complexity index is 719. The second kappa shape index (κ2) is 6.88. The summed E-state index contributed by atoms with van der Waals surface area (Å²) in [5, 5.41) is 8.70. The molecule has 2 aromatic heterocycles. The summed E-state index contributed by atoms with van der Waals surface area (Å²) in [6.07, 6.45) is 3.59. The van der Waals surface area contributed by atoms with Gasteiger partial charge in [-0.15, -0.1) is 0 Å². The van der Waals surface area contributed by atoms with E-state index in [9.17, 15) is 0 Å². The fourth-order valence-electron chi connectivity index (χ4n) is 3.69. The quantitative estimate of drug-likeness (QED) is 0.765. The molecular formula is C18H28N6O. The lowest BCUT2D eigenvalue weighted by atomic mass is 10.2. The van der Waals surface area contributed by atoms with Gasteiger partial charge in [0, 0.05) is 30.7 Å². The molecule has 0 spiro atoms. The van der Waals surface area contributed by atoms with Crippen LogP contribution in [0.15, 0.2) is 10.6 Å². The number of nitrogens with zero attached hydrogens (tertiary/aromatic N) is 6. The molecule has 4 rings (SSSR count). The first-order valence-electron chi connectivity index (χ1n) is 9.34. The van der Waals surface area contributed by atoms with Crippen LogP contribution in [0.25, 0.3) is 0 Å². The Morgan fingerprint density at radius 1 is 1.24 bits per heavy atom. The van der Waals surface area contributed by atoms with Gasteiger partial charge in [0.2, 0.25) is 5.89 Å². The average Bonchev–Trinajstić information content (AvgIpc) is 3.00. The molecule has 0 N–H and O–H groups in total. The maximum atomic E-state index is 5.37. The first kappa shape index (κ1) is 16.7. The second-order valence-electron chi connectivity index (χ2n) is 7.63. The molecular weight excluding hydrogens is 316 g/mol. The summed E-state index contributed by atoms with van der Waals surface area (Å²) in [4.78, 5) is 9.44. The van der Waals surface area contributed by atoms with E-state index in [1.165, 1.54) is 25.0 Å². The molecule has 0 radical (unpaired) electrons. The van der Waals surface area contributed by atoms with E-state index >= 15 is 0 Å². The molecule has 2 fully saturated rings. The van der Waals surface area contributed by atoms with Gasteiger partial charge in [0.05, 0.1) is 18.8 Å². The zero-order valence-corrected chi connectivity index (χ0v) is 15.5. The van der Waals surface area contributed by atoms with Crippen molar-refractivity contribution in [2.75, 3.05) is 26.7 Å². The van der Waals surface area contributed by atoms with Gasteiger partial charge in [0.1, 0.15) is 0 Å². The number of hydrogen-bond acceptors (Lipinski definition) is 6. The van der Waals surface area contributed by atoms with Crippen molar-refractivity contribution in [3.8, 4) is 0 Å². The van der Waals surface area contributed by atoms with Crippen LogP contribution in [0.2, 0.25) is 0 Å². The Kier molecular flexibility index (Phi) is 4.60. The van der Waals surface area contributed by atoms with E-state index in [1.54, 1.807) is 0 Å². The number of aryl methyl sites for hydroxylation is 2. The van der Waals surface area contributed by atoms with Gasteiger partial charge in [-0.3, -0.25) is 14.5 Å². The van der Waals surface area contributed by atoms with Crippen LogP contribution in [0.3, 0.4) is 0 Å². The van der Waals surface area contributed by atoms with E-state index in [4.69, 9.17) is 4.52 Å². The third-order valence-corrected chi connectivity index (χ3v) is 5.40. The molecule has 7 nitrogen and oxygen atoms in total. The van der Waals surface area contributed by atoms with Crippen molar-refractivity contribution in [1.29, 1.82) is 0 Å². The van der Waals surface area contributed by atoms with Gasteiger partial charge in [0.25, 0.3) is 0 Å². The molecule has 1 saturated carbocycles. The molecule has 2 aromatic rings. The van der Waals surface area contributed by atoms with Crippen LogP contribution in [0.1, 0.15) is 48.3 Å². The largest absolute Gasteiger partial charge is 0.339 e. The minimum atomic E-state index is 0.530. The summed E-state index contributed by atoms with van der Waals surface area (Å²) < 4.78 is 7.48. The Hall–Kier alpha value is -1.73. The van der Waals surface area contributed by atoms with Gasteiger partial charge in [0.15, 0.2) is 5.82 Å². The fraction of sp³-hybridized carbons (Fsp3) is 0.722. The molecule has 0 aromatic carbocycles. The Balaban J connectivity index is 1.25. The third-order valence-electron chi connectivity index (χ3n) is 5.40. The first-order chi connectivity index (χ1) is 12.1. The summed E-state index contributed by atoms with van der Waals surface area (Å²) in [5.74, 6) is 2.19. The van der Waals surface area contributed by atoms with Crippen LogP contribution in [-0.4, -0.2) is 62.4 Å². The Labute approximate surface area is 149 Å². The maximum absolute atomic E-state index is 5.37. The zero-order valence-electron chi connectivity index (χ0n) is 15.5. The van der Waals surface area contributed by atoms with Crippen molar-refractivity contribution in [1.82, 2.24) is 29.7 Å². The van der Waals surface area contributed by atoms with Gasteiger partial charge in [-0.1, -0.05) is 5.16 Å². The zero-order chi connectivity index (χ0) is 17.4. The monoisotopic (exact) mass is 344 g/mol. The number of likely N-dealkylation sites (tertiary alicyclic amines) is 1. The predicted molar refractivity (Wildman–Crippen MR) is 94.3 cm³/mol. The second-order valence-corrected chi connectivity index (χ2v) is 7.63. The van der Waals surface area contributed by atoms with Crippen LogP contribution in [0.4, 0.5) is 0 Å². The minimum Gasteiger partial charge on any atom is -0.339 e.